The predicted octanol–water partition coefficient (Wildman–Crippen LogP) is 3.44. The molecule has 110 valence electrons. The number of alkyl halides is 1. The average Bonchev–Trinajstić information content (AvgIpc) is 2.56. The first-order valence-electron chi connectivity index (χ1n) is 7.02. The van der Waals surface area contributed by atoms with E-state index in [9.17, 15) is 4.39 Å². The van der Waals surface area contributed by atoms with Gasteiger partial charge in [-0.3, -0.25) is 0 Å². The van der Waals surface area contributed by atoms with E-state index in [0.29, 0.717) is 0 Å². The van der Waals surface area contributed by atoms with E-state index in [1.165, 1.54) is 17.7 Å². The average molecular weight is 350 g/mol. The molecule has 1 saturated heterocycles. The van der Waals surface area contributed by atoms with Gasteiger partial charge in [-0.1, -0.05) is 22.0 Å². The Bertz CT molecular complexity index is 577. The van der Waals surface area contributed by atoms with Gasteiger partial charge in [0.05, 0.1) is 0 Å². The standard InChI is InChI=1S/C16H17BrFN3/c17-11-13-1-6-16(19-12-13)21-9-7-20(8-10-21)15-4-2-14(18)3-5-15/h1-6,12H,7-11H2. The number of nitrogens with zero attached hydrogens (tertiary/aromatic N) is 3. The van der Waals surface area contributed by atoms with E-state index in [0.717, 1.165) is 43.0 Å². The van der Waals surface area contributed by atoms with Crippen LogP contribution >= 0.6 is 15.9 Å². The maximum absolute atomic E-state index is 13.0. The van der Waals surface area contributed by atoms with Gasteiger partial charge in [-0.05, 0) is 35.9 Å². The number of aromatic nitrogens is 1. The molecule has 1 aromatic heterocycles. The molecule has 0 spiro atoms. The molecule has 0 saturated carbocycles. The lowest BCUT2D eigenvalue weighted by Crippen LogP contribution is -2.46. The molecule has 1 aliphatic heterocycles. The van der Waals surface area contributed by atoms with Crippen molar-refractivity contribution in [2.75, 3.05) is 36.0 Å². The molecule has 1 aliphatic rings. The van der Waals surface area contributed by atoms with Crippen LogP contribution in [-0.2, 0) is 5.33 Å². The number of piperazine rings is 1. The first kappa shape index (κ1) is 14.3. The summed E-state index contributed by atoms with van der Waals surface area (Å²) in [7, 11) is 0. The van der Waals surface area contributed by atoms with Gasteiger partial charge in [-0.15, -0.1) is 0 Å². The Morgan fingerprint density at radius 3 is 2.19 bits per heavy atom. The van der Waals surface area contributed by atoms with E-state index in [1.54, 1.807) is 0 Å². The molecule has 1 aromatic carbocycles. The van der Waals surface area contributed by atoms with Gasteiger partial charge >= 0.3 is 0 Å². The highest BCUT2D eigenvalue weighted by molar-refractivity contribution is 9.08. The zero-order valence-electron chi connectivity index (χ0n) is 11.7. The van der Waals surface area contributed by atoms with Crippen molar-refractivity contribution in [1.29, 1.82) is 0 Å². The number of rotatable bonds is 3. The third-order valence-electron chi connectivity index (χ3n) is 3.76. The molecule has 2 aromatic rings. The van der Waals surface area contributed by atoms with Crippen LogP contribution in [0.1, 0.15) is 5.56 Å². The monoisotopic (exact) mass is 349 g/mol. The van der Waals surface area contributed by atoms with Gasteiger partial charge in [0.1, 0.15) is 11.6 Å². The number of hydrogen-bond acceptors (Lipinski definition) is 3. The fourth-order valence-electron chi connectivity index (χ4n) is 2.53. The van der Waals surface area contributed by atoms with Crippen LogP contribution in [0.4, 0.5) is 15.9 Å². The summed E-state index contributed by atoms with van der Waals surface area (Å²) in [5.41, 5.74) is 2.27. The molecule has 0 radical (unpaired) electrons. The van der Waals surface area contributed by atoms with E-state index in [2.05, 4.69) is 42.8 Å². The highest BCUT2D eigenvalue weighted by atomic mass is 79.9. The van der Waals surface area contributed by atoms with Crippen LogP contribution in [0.25, 0.3) is 0 Å². The number of halogens is 2. The Balaban J connectivity index is 1.62. The van der Waals surface area contributed by atoms with Gasteiger partial charge in [0, 0.05) is 43.4 Å². The molecule has 1 fully saturated rings. The highest BCUT2D eigenvalue weighted by Crippen LogP contribution is 2.20. The smallest absolute Gasteiger partial charge is 0.128 e. The molecule has 0 bridgehead atoms. The molecule has 2 heterocycles. The SMILES string of the molecule is Fc1ccc(N2CCN(c3ccc(CBr)cn3)CC2)cc1. The molecule has 0 unspecified atom stereocenters. The summed E-state index contributed by atoms with van der Waals surface area (Å²) in [5.74, 6) is 0.840. The van der Waals surface area contributed by atoms with Crippen molar-refractivity contribution in [2.45, 2.75) is 5.33 Å². The summed E-state index contributed by atoms with van der Waals surface area (Å²) in [6.07, 6.45) is 1.91. The second-order valence-electron chi connectivity index (χ2n) is 5.11. The van der Waals surface area contributed by atoms with Crippen LogP contribution in [0.5, 0.6) is 0 Å². The Morgan fingerprint density at radius 1 is 0.952 bits per heavy atom. The highest BCUT2D eigenvalue weighted by Gasteiger charge is 2.18. The molecule has 0 aliphatic carbocycles. The zero-order valence-corrected chi connectivity index (χ0v) is 13.3. The van der Waals surface area contributed by atoms with Crippen LogP contribution in [-0.4, -0.2) is 31.2 Å². The fraction of sp³-hybridized carbons (Fsp3) is 0.312. The molecule has 0 atom stereocenters. The third kappa shape index (κ3) is 3.35. The first-order valence-corrected chi connectivity index (χ1v) is 8.15. The molecule has 3 rings (SSSR count). The van der Waals surface area contributed by atoms with E-state index in [1.807, 2.05) is 18.3 Å². The van der Waals surface area contributed by atoms with E-state index in [-0.39, 0.29) is 5.82 Å². The van der Waals surface area contributed by atoms with Gasteiger partial charge in [0.2, 0.25) is 0 Å². The topological polar surface area (TPSA) is 19.4 Å². The number of pyridine rings is 1. The van der Waals surface area contributed by atoms with Crippen molar-refractivity contribution >= 4 is 27.4 Å². The largest absolute Gasteiger partial charge is 0.368 e. The van der Waals surface area contributed by atoms with Crippen molar-refractivity contribution in [2.24, 2.45) is 0 Å². The van der Waals surface area contributed by atoms with Gasteiger partial charge in [0.15, 0.2) is 0 Å². The van der Waals surface area contributed by atoms with Crippen LogP contribution in [0.3, 0.4) is 0 Å². The van der Waals surface area contributed by atoms with Crippen LogP contribution in [0.2, 0.25) is 0 Å². The van der Waals surface area contributed by atoms with Gasteiger partial charge in [0.25, 0.3) is 0 Å². The third-order valence-corrected chi connectivity index (χ3v) is 4.41. The lowest BCUT2D eigenvalue weighted by Gasteiger charge is -2.36. The van der Waals surface area contributed by atoms with E-state index < -0.39 is 0 Å². The minimum atomic E-state index is -0.187. The van der Waals surface area contributed by atoms with E-state index in [4.69, 9.17) is 0 Å². The van der Waals surface area contributed by atoms with Crippen LogP contribution < -0.4 is 9.80 Å². The quantitative estimate of drug-likeness (QED) is 0.791. The van der Waals surface area contributed by atoms with Crippen molar-refractivity contribution in [3.63, 3.8) is 0 Å². The number of hydrogen-bond donors (Lipinski definition) is 0. The van der Waals surface area contributed by atoms with Crippen LogP contribution in [0, 0.1) is 5.82 Å². The summed E-state index contributed by atoms with van der Waals surface area (Å²) in [6, 6.07) is 10.9. The van der Waals surface area contributed by atoms with E-state index >= 15 is 0 Å². The molecule has 3 nitrogen and oxygen atoms in total. The van der Waals surface area contributed by atoms with Gasteiger partial charge < -0.3 is 9.80 Å². The molecule has 21 heavy (non-hydrogen) atoms. The summed E-state index contributed by atoms with van der Waals surface area (Å²) in [4.78, 5) is 9.08. The summed E-state index contributed by atoms with van der Waals surface area (Å²) in [5, 5.41) is 0.832. The van der Waals surface area contributed by atoms with Crippen molar-refractivity contribution in [1.82, 2.24) is 4.98 Å². The Morgan fingerprint density at radius 2 is 1.62 bits per heavy atom. The lowest BCUT2D eigenvalue weighted by atomic mass is 10.2. The van der Waals surface area contributed by atoms with Crippen LogP contribution in [0.15, 0.2) is 42.6 Å². The second kappa shape index (κ2) is 6.43. The molecule has 0 amide bonds. The van der Waals surface area contributed by atoms with Crippen molar-refractivity contribution in [3.05, 3.63) is 54.0 Å². The predicted molar refractivity (Wildman–Crippen MR) is 87.7 cm³/mol. The molecular formula is C16H17BrFN3. The van der Waals surface area contributed by atoms with Gasteiger partial charge in [-0.2, -0.15) is 0 Å². The summed E-state index contributed by atoms with van der Waals surface area (Å²) in [6.45, 7) is 3.71. The van der Waals surface area contributed by atoms with Gasteiger partial charge in [-0.25, -0.2) is 9.37 Å². The maximum Gasteiger partial charge on any atom is 0.128 e. The summed E-state index contributed by atoms with van der Waals surface area (Å²) >= 11 is 3.43. The molecule has 0 N–H and O–H groups in total. The van der Waals surface area contributed by atoms with Crippen molar-refractivity contribution in [3.8, 4) is 0 Å². The van der Waals surface area contributed by atoms with Crippen molar-refractivity contribution < 1.29 is 4.39 Å². The minimum absolute atomic E-state index is 0.187. The zero-order chi connectivity index (χ0) is 14.7. The first-order chi connectivity index (χ1) is 10.3. The summed E-state index contributed by atoms with van der Waals surface area (Å²) < 4.78 is 13.0. The number of anilines is 2. The maximum atomic E-state index is 13.0. The minimum Gasteiger partial charge on any atom is -0.368 e. The second-order valence-corrected chi connectivity index (χ2v) is 5.67. The lowest BCUT2D eigenvalue weighted by molar-refractivity contribution is 0.624. The fourth-order valence-corrected chi connectivity index (χ4v) is 2.86. The molecule has 5 heteroatoms. The Hall–Kier alpha value is -1.62. The normalized spacial score (nSPS) is 15.3. The molecular weight excluding hydrogens is 333 g/mol. The Kier molecular flexibility index (Phi) is 4.39. The number of benzene rings is 1. The Labute approximate surface area is 132 Å².